The van der Waals surface area contributed by atoms with Crippen LogP contribution in [-0.2, 0) is 0 Å². The van der Waals surface area contributed by atoms with Crippen LogP contribution in [0.3, 0.4) is 0 Å². The molecule has 0 heterocycles. The van der Waals surface area contributed by atoms with Gasteiger partial charge >= 0.3 is 0 Å². The van der Waals surface area contributed by atoms with Gasteiger partial charge in [0.25, 0.3) is 0 Å². The Morgan fingerprint density at radius 1 is 1.27 bits per heavy atom. The molecule has 0 rings (SSSR count). The maximum Gasteiger partial charge on any atom is 0.00733 e. The predicted molar refractivity (Wildman–Crippen MR) is 50.3 cm³/mol. The summed E-state index contributed by atoms with van der Waals surface area (Å²) >= 11 is 0. The third-order valence-electron chi connectivity index (χ3n) is 1.75. The van der Waals surface area contributed by atoms with Gasteiger partial charge in [0.05, 0.1) is 0 Å². The number of hydrogen-bond donors (Lipinski definition) is 2. The maximum absolute atomic E-state index is 5.76. The molecule has 0 aromatic rings. The standard InChI is InChI=1S/C9H20N2/c1-2-6-9(11)7-4-3-5-8-10/h2,9H,1,3-8,10-11H2. The van der Waals surface area contributed by atoms with E-state index in [1.54, 1.807) is 0 Å². The van der Waals surface area contributed by atoms with Crippen molar-refractivity contribution in [2.45, 2.75) is 38.1 Å². The van der Waals surface area contributed by atoms with Gasteiger partial charge in [-0.05, 0) is 25.8 Å². The van der Waals surface area contributed by atoms with Gasteiger partial charge in [0.2, 0.25) is 0 Å². The Labute approximate surface area is 69.6 Å². The first-order valence-electron chi connectivity index (χ1n) is 4.37. The first-order chi connectivity index (χ1) is 5.31. The molecule has 0 saturated carbocycles. The fourth-order valence-corrected chi connectivity index (χ4v) is 1.06. The Bertz CT molecular complexity index is 91.6. The highest BCUT2D eigenvalue weighted by atomic mass is 14.6. The van der Waals surface area contributed by atoms with Gasteiger partial charge in [0, 0.05) is 6.04 Å². The zero-order valence-electron chi connectivity index (χ0n) is 7.26. The van der Waals surface area contributed by atoms with Crippen molar-refractivity contribution >= 4 is 0 Å². The molecule has 0 aromatic heterocycles. The van der Waals surface area contributed by atoms with Crippen LogP contribution in [0.2, 0.25) is 0 Å². The lowest BCUT2D eigenvalue weighted by molar-refractivity contribution is 0.558. The molecular formula is C9H20N2. The summed E-state index contributed by atoms with van der Waals surface area (Å²) < 4.78 is 0. The highest BCUT2D eigenvalue weighted by Gasteiger charge is 1.97. The van der Waals surface area contributed by atoms with E-state index in [1.165, 1.54) is 12.8 Å². The smallest absolute Gasteiger partial charge is 0.00733 e. The molecule has 0 spiro atoms. The molecule has 0 aromatic carbocycles. The van der Waals surface area contributed by atoms with E-state index in [2.05, 4.69) is 6.58 Å². The minimum Gasteiger partial charge on any atom is -0.330 e. The van der Waals surface area contributed by atoms with Crippen molar-refractivity contribution in [3.8, 4) is 0 Å². The zero-order valence-corrected chi connectivity index (χ0v) is 7.26. The largest absolute Gasteiger partial charge is 0.330 e. The highest BCUT2D eigenvalue weighted by molar-refractivity contribution is 4.74. The molecule has 0 fully saturated rings. The van der Waals surface area contributed by atoms with Gasteiger partial charge in [-0.15, -0.1) is 6.58 Å². The summed E-state index contributed by atoms with van der Waals surface area (Å²) in [5.74, 6) is 0. The summed E-state index contributed by atoms with van der Waals surface area (Å²) in [4.78, 5) is 0. The monoisotopic (exact) mass is 156 g/mol. The van der Waals surface area contributed by atoms with Gasteiger partial charge in [-0.3, -0.25) is 0 Å². The van der Waals surface area contributed by atoms with Crippen LogP contribution in [0.15, 0.2) is 12.7 Å². The van der Waals surface area contributed by atoms with Crippen LogP contribution >= 0.6 is 0 Å². The molecule has 0 aliphatic rings. The fourth-order valence-electron chi connectivity index (χ4n) is 1.06. The zero-order chi connectivity index (χ0) is 8.53. The second-order valence-corrected chi connectivity index (χ2v) is 2.92. The Morgan fingerprint density at radius 3 is 2.55 bits per heavy atom. The Balaban J connectivity index is 3.03. The molecule has 0 bridgehead atoms. The Kier molecular flexibility index (Phi) is 7.52. The molecule has 0 amide bonds. The second-order valence-electron chi connectivity index (χ2n) is 2.92. The van der Waals surface area contributed by atoms with Crippen LogP contribution in [0.5, 0.6) is 0 Å². The minimum atomic E-state index is 0.310. The molecule has 11 heavy (non-hydrogen) atoms. The van der Waals surface area contributed by atoms with Crippen molar-refractivity contribution in [2.75, 3.05) is 6.54 Å². The fraction of sp³-hybridized carbons (Fsp3) is 0.778. The average molecular weight is 156 g/mol. The van der Waals surface area contributed by atoms with Gasteiger partial charge in [-0.1, -0.05) is 18.9 Å². The number of unbranched alkanes of at least 4 members (excludes halogenated alkanes) is 2. The number of rotatable bonds is 7. The van der Waals surface area contributed by atoms with Gasteiger partial charge in [0.1, 0.15) is 0 Å². The molecule has 0 aliphatic carbocycles. The first-order valence-corrected chi connectivity index (χ1v) is 4.37. The van der Waals surface area contributed by atoms with E-state index in [4.69, 9.17) is 11.5 Å². The maximum atomic E-state index is 5.76. The lowest BCUT2D eigenvalue weighted by atomic mass is 10.1. The van der Waals surface area contributed by atoms with Crippen molar-refractivity contribution in [1.29, 1.82) is 0 Å². The van der Waals surface area contributed by atoms with Gasteiger partial charge in [-0.25, -0.2) is 0 Å². The summed E-state index contributed by atoms with van der Waals surface area (Å²) in [6.45, 7) is 4.45. The van der Waals surface area contributed by atoms with Gasteiger partial charge in [0.15, 0.2) is 0 Å². The van der Waals surface area contributed by atoms with Crippen molar-refractivity contribution in [2.24, 2.45) is 11.5 Å². The van der Waals surface area contributed by atoms with E-state index >= 15 is 0 Å². The van der Waals surface area contributed by atoms with Crippen LogP contribution in [0.4, 0.5) is 0 Å². The highest BCUT2D eigenvalue weighted by Crippen LogP contribution is 2.03. The predicted octanol–water partition coefficient (Wildman–Crippen LogP) is 1.41. The summed E-state index contributed by atoms with van der Waals surface area (Å²) in [6, 6.07) is 0.310. The normalized spacial score (nSPS) is 12.9. The molecule has 0 radical (unpaired) electrons. The molecule has 66 valence electrons. The van der Waals surface area contributed by atoms with Crippen molar-refractivity contribution in [3.05, 3.63) is 12.7 Å². The Morgan fingerprint density at radius 2 is 2.00 bits per heavy atom. The third kappa shape index (κ3) is 7.56. The molecular weight excluding hydrogens is 136 g/mol. The molecule has 0 saturated heterocycles. The quantitative estimate of drug-likeness (QED) is 0.432. The van der Waals surface area contributed by atoms with Crippen LogP contribution in [-0.4, -0.2) is 12.6 Å². The topological polar surface area (TPSA) is 52.0 Å². The summed E-state index contributed by atoms with van der Waals surface area (Å²) in [7, 11) is 0. The molecule has 2 heteroatoms. The molecule has 1 unspecified atom stereocenters. The van der Waals surface area contributed by atoms with Crippen LogP contribution < -0.4 is 11.5 Å². The van der Waals surface area contributed by atoms with Gasteiger partial charge in [-0.2, -0.15) is 0 Å². The van der Waals surface area contributed by atoms with E-state index in [-0.39, 0.29) is 0 Å². The van der Waals surface area contributed by atoms with Crippen molar-refractivity contribution in [3.63, 3.8) is 0 Å². The Hall–Kier alpha value is -0.340. The lowest BCUT2D eigenvalue weighted by Crippen LogP contribution is -2.18. The minimum absolute atomic E-state index is 0.310. The van der Waals surface area contributed by atoms with Crippen LogP contribution in [0.25, 0.3) is 0 Å². The number of hydrogen-bond acceptors (Lipinski definition) is 2. The van der Waals surface area contributed by atoms with Crippen molar-refractivity contribution in [1.82, 2.24) is 0 Å². The van der Waals surface area contributed by atoms with Gasteiger partial charge < -0.3 is 11.5 Å². The van der Waals surface area contributed by atoms with Crippen molar-refractivity contribution < 1.29 is 0 Å². The summed E-state index contributed by atoms with van der Waals surface area (Å²) in [5.41, 5.74) is 11.1. The number of nitrogens with two attached hydrogens (primary N) is 2. The first kappa shape index (κ1) is 10.7. The third-order valence-corrected chi connectivity index (χ3v) is 1.75. The molecule has 2 nitrogen and oxygen atoms in total. The van der Waals surface area contributed by atoms with Crippen LogP contribution in [0.1, 0.15) is 32.1 Å². The van der Waals surface area contributed by atoms with E-state index < -0.39 is 0 Å². The molecule has 0 aliphatic heterocycles. The summed E-state index contributed by atoms with van der Waals surface area (Å²) in [5, 5.41) is 0. The molecule has 4 N–H and O–H groups in total. The lowest BCUT2D eigenvalue weighted by Gasteiger charge is -2.07. The molecule has 1 atom stereocenters. The SMILES string of the molecule is C=CCC(N)CCCCCN. The van der Waals surface area contributed by atoms with E-state index in [0.29, 0.717) is 6.04 Å². The average Bonchev–Trinajstić information content (AvgIpc) is 1.99. The van der Waals surface area contributed by atoms with E-state index in [0.717, 1.165) is 25.8 Å². The van der Waals surface area contributed by atoms with E-state index in [9.17, 15) is 0 Å². The summed E-state index contributed by atoms with van der Waals surface area (Å²) in [6.07, 6.45) is 7.45. The van der Waals surface area contributed by atoms with E-state index in [1.807, 2.05) is 6.08 Å². The second kappa shape index (κ2) is 7.76. The van der Waals surface area contributed by atoms with Crippen LogP contribution in [0, 0.1) is 0 Å².